The molecule has 10 heteroatoms. The number of nitrogens with one attached hydrogen (secondary N) is 1. The highest BCUT2D eigenvalue weighted by Gasteiger charge is 2.33. The molecule has 40 heavy (non-hydrogen) atoms. The number of hydrogen-bond acceptors (Lipinski definition) is 5. The zero-order valence-corrected chi connectivity index (χ0v) is 23.9. The van der Waals surface area contributed by atoms with E-state index in [-0.39, 0.29) is 23.0 Å². The van der Waals surface area contributed by atoms with Crippen LogP contribution in [0.15, 0.2) is 83.8 Å². The second-order valence-corrected chi connectivity index (χ2v) is 11.1. The van der Waals surface area contributed by atoms with Gasteiger partial charge in [0.05, 0.1) is 17.7 Å². The molecular weight excluding hydrogens is 533 g/mol. The fourth-order valence-electron chi connectivity index (χ4n) is 4.23. The normalized spacial score (nSPS) is 11.9. The molecule has 3 aromatic rings. The fourth-order valence-corrected chi connectivity index (χ4v) is 5.65. The number of carbonyl (C=O) groups is 2. The largest absolute Gasteiger partial charge is 0.497 e. The molecule has 0 aliphatic rings. The van der Waals surface area contributed by atoms with Gasteiger partial charge in [0.15, 0.2) is 0 Å². The molecular formula is C30H36FN3O5S. The van der Waals surface area contributed by atoms with Gasteiger partial charge in [-0.25, -0.2) is 12.8 Å². The van der Waals surface area contributed by atoms with Gasteiger partial charge in [0.25, 0.3) is 10.0 Å². The van der Waals surface area contributed by atoms with Crippen LogP contribution in [-0.4, -0.2) is 51.4 Å². The van der Waals surface area contributed by atoms with Gasteiger partial charge in [-0.15, -0.1) is 0 Å². The van der Waals surface area contributed by atoms with Crippen LogP contribution in [0, 0.1) is 5.82 Å². The predicted molar refractivity (Wildman–Crippen MR) is 153 cm³/mol. The van der Waals surface area contributed by atoms with Crippen LogP contribution in [0.4, 0.5) is 10.1 Å². The van der Waals surface area contributed by atoms with Crippen molar-refractivity contribution in [1.82, 2.24) is 10.2 Å². The first-order valence-corrected chi connectivity index (χ1v) is 14.7. The fraction of sp³-hybridized carbons (Fsp3) is 0.333. The van der Waals surface area contributed by atoms with E-state index in [4.69, 9.17) is 4.74 Å². The number of carbonyl (C=O) groups excluding carboxylic acids is 2. The minimum atomic E-state index is -4.18. The maximum Gasteiger partial charge on any atom is 0.264 e. The van der Waals surface area contributed by atoms with Gasteiger partial charge >= 0.3 is 0 Å². The third-order valence-electron chi connectivity index (χ3n) is 6.43. The molecule has 8 nitrogen and oxygen atoms in total. The van der Waals surface area contributed by atoms with E-state index in [0.717, 1.165) is 17.1 Å². The SMILES string of the molecule is CCCCNC(=O)[C@H](CC)N(Cc1ccc(F)cc1)C(=O)CN(c1cccc(OC)c1)S(=O)(=O)c1ccccc1. The zero-order valence-electron chi connectivity index (χ0n) is 23.0. The molecule has 1 atom stereocenters. The van der Waals surface area contributed by atoms with Crippen molar-refractivity contribution < 1.29 is 27.1 Å². The van der Waals surface area contributed by atoms with E-state index in [1.807, 2.05) is 6.92 Å². The van der Waals surface area contributed by atoms with Crippen molar-refractivity contribution in [2.24, 2.45) is 0 Å². The summed E-state index contributed by atoms with van der Waals surface area (Å²) in [6.45, 7) is 3.69. The maximum absolute atomic E-state index is 14.0. The van der Waals surface area contributed by atoms with Gasteiger partial charge in [-0.1, -0.05) is 56.7 Å². The van der Waals surface area contributed by atoms with E-state index in [1.165, 1.54) is 54.5 Å². The summed E-state index contributed by atoms with van der Waals surface area (Å²) >= 11 is 0. The van der Waals surface area contributed by atoms with Crippen LogP contribution >= 0.6 is 0 Å². The molecule has 0 radical (unpaired) electrons. The monoisotopic (exact) mass is 569 g/mol. The van der Waals surface area contributed by atoms with E-state index >= 15 is 0 Å². The van der Waals surface area contributed by atoms with Crippen molar-refractivity contribution in [3.05, 3.63) is 90.2 Å². The molecule has 0 fully saturated rings. The van der Waals surface area contributed by atoms with Gasteiger partial charge < -0.3 is 15.0 Å². The maximum atomic E-state index is 14.0. The number of methoxy groups -OCH3 is 1. The Hall–Kier alpha value is -3.92. The molecule has 3 rings (SSSR count). The highest BCUT2D eigenvalue weighted by atomic mass is 32.2. The molecule has 0 aromatic heterocycles. The molecule has 214 valence electrons. The first kappa shape index (κ1) is 30.6. The first-order valence-electron chi connectivity index (χ1n) is 13.2. The molecule has 3 aromatic carbocycles. The van der Waals surface area contributed by atoms with Crippen LogP contribution in [0.25, 0.3) is 0 Å². The Kier molecular flexibility index (Phi) is 11.1. The van der Waals surface area contributed by atoms with Crippen molar-refractivity contribution in [2.45, 2.75) is 50.6 Å². The van der Waals surface area contributed by atoms with Gasteiger partial charge in [0, 0.05) is 19.2 Å². The molecule has 0 saturated carbocycles. The van der Waals surface area contributed by atoms with Gasteiger partial charge in [-0.3, -0.25) is 13.9 Å². The minimum Gasteiger partial charge on any atom is -0.497 e. The Bertz CT molecular complexity index is 1370. The molecule has 0 aliphatic carbocycles. The van der Waals surface area contributed by atoms with E-state index in [0.29, 0.717) is 24.3 Å². The van der Waals surface area contributed by atoms with Crippen molar-refractivity contribution in [3.8, 4) is 5.75 Å². The Morgan fingerprint density at radius 1 is 0.975 bits per heavy atom. The lowest BCUT2D eigenvalue weighted by atomic mass is 10.1. The van der Waals surface area contributed by atoms with Crippen LogP contribution in [0.5, 0.6) is 5.75 Å². The molecule has 1 N–H and O–H groups in total. The second-order valence-electron chi connectivity index (χ2n) is 9.24. The lowest BCUT2D eigenvalue weighted by Crippen LogP contribution is -2.52. The Morgan fingerprint density at radius 2 is 1.68 bits per heavy atom. The number of sulfonamides is 1. The van der Waals surface area contributed by atoms with Crippen molar-refractivity contribution in [1.29, 1.82) is 0 Å². The van der Waals surface area contributed by atoms with Gasteiger partial charge in [0.1, 0.15) is 24.2 Å². The molecule has 0 unspecified atom stereocenters. The van der Waals surface area contributed by atoms with Gasteiger partial charge in [-0.2, -0.15) is 0 Å². The standard InChI is InChI=1S/C30H36FN3O5S/c1-4-6-19-32-30(36)28(5-2)33(21-23-15-17-24(31)18-16-23)29(35)22-34(25-11-10-12-26(20-25)39-3)40(37,38)27-13-8-7-9-14-27/h7-18,20,28H,4-6,19,21-22H2,1-3H3,(H,32,36)/t28-/m0/s1. The third kappa shape index (κ3) is 7.81. The molecule has 2 amide bonds. The van der Waals surface area contributed by atoms with Crippen molar-refractivity contribution >= 4 is 27.5 Å². The number of hydrogen-bond donors (Lipinski definition) is 1. The summed E-state index contributed by atoms with van der Waals surface area (Å²) in [7, 11) is -2.71. The zero-order chi connectivity index (χ0) is 29.1. The summed E-state index contributed by atoms with van der Waals surface area (Å²) in [5, 5.41) is 2.88. The predicted octanol–water partition coefficient (Wildman–Crippen LogP) is 4.75. The summed E-state index contributed by atoms with van der Waals surface area (Å²) in [5.74, 6) is -0.915. The van der Waals surface area contributed by atoms with Gasteiger partial charge in [-0.05, 0) is 54.8 Å². The number of amides is 2. The molecule has 0 aliphatic heterocycles. The van der Waals surface area contributed by atoms with Crippen molar-refractivity contribution in [2.75, 3.05) is 24.5 Å². The number of ether oxygens (including phenoxy) is 1. The van der Waals surface area contributed by atoms with E-state index in [2.05, 4.69) is 5.32 Å². The second kappa shape index (κ2) is 14.5. The summed E-state index contributed by atoms with van der Waals surface area (Å²) in [6, 6.07) is 19.0. The smallest absolute Gasteiger partial charge is 0.264 e. The summed E-state index contributed by atoms with van der Waals surface area (Å²) in [4.78, 5) is 28.6. The van der Waals surface area contributed by atoms with Crippen LogP contribution in [0.1, 0.15) is 38.7 Å². The van der Waals surface area contributed by atoms with Crippen LogP contribution in [0.2, 0.25) is 0 Å². The average molecular weight is 570 g/mol. The molecule has 0 bridgehead atoms. The van der Waals surface area contributed by atoms with E-state index < -0.39 is 34.3 Å². The van der Waals surface area contributed by atoms with Crippen LogP contribution < -0.4 is 14.4 Å². The third-order valence-corrected chi connectivity index (χ3v) is 8.22. The van der Waals surface area contributed by atoms with E-state index in [9.17, 15) is 22.4 Å². The number of anilines is 1. The first-order chi connectivity index (χ1) is 19.2. The minimum absolute atomic E-state index is 0.00382. The summed E-state index contributed by atoms with van der Waals surface area (Å²) in [6.07, 6.45) is 1.98. The lowest BCUT2D eigenvalue weighted by molar-refractivity contribution is -0.140. The average Bonchev–Trinajstić information content (AvgIpc) is 2.97. The number of rotatable bonds is 14. The molecule has 0 spiro atoms. The molecule has 0 heterocycles. The van der Waals surface area contributed by atoms with Crippen molar-refractivity contribution in [3.63, 3.8) is 0 Å². The van der Waals surface area contributed by atoms with Gasteiger partial charge in [0.2, 0.25) is 11.8 Å². The molecule has 0 saturated heterocycles. The van der Waals surface area contributed by atoms with Crippen LogP contribution in [0.3, 0.4) is 0 Å². The Morgan fingerprint density at radius 3 is 2.30 bits per heavy atom. The Labute approximate surface area is 235 Å². The van der Waals surface area contributed by atoms with E-state index in [1.54, 1.807) is 43.3 Å². The summed E-state index contributed by atoms with van der Waals surface area (Å²) < 4.78 is 47.6. The quantitative estimate of drug-likeness (QED) is 0.283. The lowest BCUT2D eigenvalue weighted by Gasteiger charge is -2.33. The number of halogens is 1. The highest BCUT2D eigenvalue weighted by molar-refractivity contribution is 7.92. The highest BCUT2D eigenvalue weighted by Crippen LogP contribution is 2.27. The number of unbranched alkanes of at least 4 members (excludes halogenated alkanes) is 1. The topological polar surface area (TPSA) is 96.0 Å². The Balaban J connectivity index is 2.03. The van der Waals surface area contributed by atoms with Crippen LogP contribution in [-0.2, 0) is 26.2 Å². The number of nitrogens with zero attached hydrogens (tertiary/aromatic N) is 2. The summed E-state index contributed by atoms with van der Waals surface area (Å²) in [5.41, 5.74) is 0.840. The number of benzene rings is 3.